The lowest BCUT2D eigenvalue weighted by molar-refractivity contribution is 0.242. The lowest BCUT2D eigenvalue weighted by Crippen LogP contribution is -2.24. The second-order valence-electron chi connectivity index (χ2n) is 4.50. The highest BCUT2D eigenvalue weighted by Crippen LogP contribution is 2.13. The molecule has 0 saturated heterocycles. The van der Waals surface area contributed by atoms with Gasteiger partial charge in [-0.15, -0.1) is 12.3 Å². The van der Waals surface area contributed by atoms with Crippen molar-refractivity contribution in [1.82, 2.24) is 5.32 Å². The van der Waals surface area contributed by atoms with Crippen LogP contribution in [0.15, 0.2) is 24.3 Å². The van der Waals surface area contributed by atoms with Gasteiger partial charge in [-0.25, -0.2) is 0 Å². The first-order valence-electron chi connectivity index (χ1n) is 6.04. The molecular weight excluding hydrogens is 210 g/mol. The van der Waals surface area contributed by atoms with Crippen LogP contribution in [-0.4, -0.2) is 12.1 Å². The fourth-order valence-corrected chi connectivity index (χ4v) is 1.50. The van der Waals surface area contributed by atoms with E-state index in [1.54, 1.807) is 0 Å². The van der Waals surface area contributed by atoms with Gasteiger partial charge in [-0.05, 0) is 38.5 Å². The highest BCUT2D eigenvalue weighted by molar-refractivity contribution is 5.27. The maximum atomic E-state index is 5.59. The van der Waals surface area contributed by atoms with E-state index in [0.29, 0.717) is 6.04 Å². The smallest absolute Gasteiger partial charge is 0.119 e. The van der Waals surface area contributed by atoms with Gasteiger partial charge >= 0.3 is 0 Å². The van der Waals surface area contributed by atoms with Crippen LogP contribution in [0.1, 0.15) is 32.8 Å². The molecule has 0 radical (unpaired) electrons. The molecule has 0 spiro atoms. The first-order valence-corrected chi connectivity index (χ1v) is 6.04. The molecule has 0 amide bonds. The standard InChI is InChI=1S/C15H21NO/c1-5-6-13(4)16-11-14-7-9-15(10-8-14)17-12(2)3/h1,7-10,12-13,16H,6,11H2,2-4H3. The Bertz CT molecular complexity index is 362. The maximum absolute atomic E-state index is 5.59. The third kappa shape index (κ3) is 5.42. The Kier molecular flexibility index (Phi) is 5.59. The van der Waals surface area contributed by atoms with E-state index in [1.807, 2.05) is 26.0 Å². The number of rotatable bonds is 6. The summed E-state index contributed by atoms with van der Waals surface area (Å²) in [4.78, 5) is 0. The third-order valence-corrected chi connectivity index (χ3v) is 2.37. The normalized spacial score (nSPS) is 12.2. The molecule has 0 aromatic heterocycles. The van der Waals surface area contributed by atoms with Crippen LogP contribution < -0.4 is 10.1 Å². The third-order valence-electron chi connectivity index (χ3n) is 2.37. The van der Waals surface area contributed by atoms with Gasteiger partial charge in [0.15, 0.2) is 0 Å². The largest absolute Gasteiger partial charge is 0.491 e. The monoisotopic (exact) mass is 231 g/mol. The van der Waals surface area contributed by atoms with E-state index >= 15 is 0 Å². The number of benzene rings is 1. The molecule has 2 nitrogen and oxygen atoms in total. The molecule has 92 valence electrons. The molecule has 0 aliphatic carbocycles. The lowest BCUT2D eigenvalue weighted by atomic mass is 10.2. The highest BCUT2D eigenvalue weighted by Gasteiger charge is 2.00. The van der Waals surface area contributed by atoms with Gasteiger partial charge in [0.25, 0.3) is 0 Å². The van der Waals surface area contributed by atoms with Gasteiger partial charge < -0.3 is 10.1 Å². The topological polar surface area (TPSA) is 21.3 Å². The van der Waals surface area contributed by atoms with Crippen molar-refractivity contribution in [3.63, 3.8) is 0 Å². The zero-order valence-electron chi connectivity index (χ0n) is 10.9. The van der Waals surface area contributed by atoms with Crippen molar-refractivity contribution < 1.29 is 4.74 Å². The Labute approximate surface area is 104 Å². The predicted molar refractivity (Wildman–Crippen MR) is 72.0 cm³/mol. The SMILES string of the molecule is C#CCC(C)NCc1ccc(OC(C)C)cc1. The zero-order chi connectivity index (χ0) is 12.7. The molecule has 0 bridgehead atoms. The van der Waals surface area contributed by atoms with Crippen LogP contribution >= 0.6 is 0 Å². The van der Waals surface area contributed by atoms with Crippen molar-refractivity contribution in [2.75, 3.05) is 0 Å². The van der Waals surface area contributed by atoms with Gasteiger partial charge in [0.2, 0.25) is 0 Å². The summed E-state index contributed by atoms with van der Waals surface area (Å²) < 4.78 is 5.59. The van der Waals surface area contributed by atoms with Gasteiger partial charge in [-0.2, -0.15) is 0 Å². The minimum absolute atomic E-state index is 0.217. The molecule has 0 aliphatic heterocycles. The van der Waals surface area contributed by atoms with Crippen LogP contribution in [0.4, 0.5) is 0 Å². The molecule has 0 fully saturated rings. The van der Waals surface area contributed by atoms with E-state index < -0.39 is 0 Å². The summed E-state index contributed by atoms with van der Waals surface area (Å²) in [7, 11) is 0. The molecular formula is C15H21NO. The van der Waals surface area contributed by atoms with Gasteiger partial charge in [-0.1, -0.05) is 12.1 Å². The summed E-state index contributed by atoms with van der Waals surface area (Å²) in [5, 5.41) is 3.38. The molecule has 1 N–H and O–H groups in total. The molecule has 17 heavy (non-hydrogen) atoms. The van der Waals surface area contributed by atoms with Crippen molar-refractivity contribution in [3.05, 3.63) is 29.8 Å². The van der Waals surface area contributed by atoms with E-state index in [9.17, 15) is 0 Å². The molecule has 0 heterocycles. The molecule has 1 atom stereocenters. The van der Waals surface area contributed by atoms with E-state index in [1.165, 1.54) is 5.56 Å². The summed E-state index contributed by atoms with van der Waals surface area (Å²) in [5.74, 6) is 3.57. The van der Waals surface area contributed by atoms with E-state index in [2.05, 4.69) is 30.3 Å². The van der Waals surface area contributed by atoms with Crippen molar-refractivity contribution in [3.8, 4) is 18.1 Å². The van der Waals surface area contributed by atoms with Gasteiger partial charge in [-0.3, -0.25) is 0 Å². The minimum atomic E-state index is 0.217. The molecule has 0 aliphatic rings. The minimum Gasteiger partial charge on any atom is -0.491 e. The maximum Gasteiger partial charge on any atom is 0.119 e. The quantitative estimate of drug-likeness (QED) is 0.760. The van der Waals surface area contributed by atoms with Gasteiger partial charge in [0.05, 0.1) is 6.10 Å². The average Bonchev–Trinajstić information content (AvgIpc) is 2.28. The highest BCUT2D eigenvalue weighted by atomic mass is 16.5. The second-order valence-corrected chi connectivity index (χ2v) is 4.50. The molecule has 0 saturated carbocycles. The van der Waals surface area contributed by atoms with E-state index in [-0.39, 0.29) is 6.10 Å². The van der Waals surface area contributed by atoms with E-state index in [0.717, 1.165) is 18.7 Å². The first-order chi connectivity index (χ1) is 8.11. The Morgan fingerprint density at radius 1 is 1.24 bits per heavy atom. The van der Waals surface area contributed by atoms with Gasteiger partial charge in [0, 0.05) is 19.0 Å². The number of nitrogens with one attached hydrogen (secondary N) is 1. The van der Waals surface area contributed by atoms with E-state index in [4.69, 9.17) is 11.2 Å². The Morgan fingerprint density at radius 2 is 1.88 bits per heavy atom. The summed E-state index contributed by atoms with van der Waals surface area (Å²) in [5.41, 5.74) is 1.24. The molecule has 1 aromatic rings. The van der Waals surface area contributed by atoms with Gasteiger partial charge in [0.1, 0.15) is 5.75 Å². The number of terminal acetylenes is 1. The summed E-state index contributed by atoms with van der Waals surface area (Å²) in [6.45, 7) is 6.98. The molecule has 1 aromatic carbocycles. The van der Waals surface area contributed by atoms with Crippen molar-refractivity contribution >= 4 is 0 Å². The van der Waals surface area contributed by atoms with Crippen LogP contribution in [0.3, 0.4) is 0 Å². The van der Waals surface area contributed by atoms with Crippen LogP contribution in [0.25, 0.3) is 0 Å². The fraction of sp³-hybridized carbons (Fsp3) is 0.467. The second kappa shape index (κ2) is 6.98. The summed E-state index contributed by atoms with van der Waals surface area (Å²) >= 11 is 0. The molecule has 1 unspecified atom stereocenters. The molecule has 1 rings (SSSR count). The average molecular weight is 231 g/mol. The Hall–Kier alpha value is -1.46. The first kappa shape index (κ1) is 13.6. The lowest BCUT2D eigenvalue weighted by Gasteiger charge is -2.12. The zero-order valence-corrected chi connectivity index (χ0v) is 10.9. The van der Waals surface area contributed by atoms with Crippen LogP contribution in [-0.2, 0) is 6.54 Å². The number of hydrogen-bond acceptors (Lipinski definition) is 2. The fourth-order valence-electron chi connectivity index (χ4n) is 1.50. The van der Waals surface area contributed by atoms with Crippen LogP contribution in [0.5, 0.6) is 5.75 Å². The number of hydrogen-bond donors (Lipinski definition) is 1. The van der Waals surface area contributed by atoms with Crippen molar-refractivity contribution in [2.45, 2.75) is 45.9 Å². The summed E-state index contributed by atoms with van der Waals surface area (Å²) in [6.07, 6.45) is 6.23. The number of ether oxygens (including phenoxy) is 1. The Balaban J connectivity index is 2.43. The van der Waals surface area contributed by atoms with Crippen molar-refractivity contribution in [1.29, 1.82) is 0 Å². The Morgan fingerprint density at radius 3 is 2.41 bits per heavy atom. The van der Waals surface area contributed by atoms with Crippen LogP contribution in [0.2, 0.25) is 0 Å². The summed E-state index contributed by atoms with van der Waals surface area (Å²) in [6, 6.07) is 8.51. The predicted octanol–water partition coefficient (Wildman–Crippen LogP) is 2.98. The van der Waals surface area contributed by atoms with Crippen LogP contribution in [0, 0.1) is 12.3 Å². The van der Waals surface area contributed by atoms with Crippen molar-refractivity contribution in [2.24, 2.45) is 0 Å². The molecule has 2 heteroatoms.